The first-order valence-electron chi connectivity index (χ1n) is 13.6. The van der Waals surface area contributed by atoms with E-state index in [9.17, 15) is 4.79 Å². The highest BCUT2D eigenvalue weighted by molar-refractivity contribution is 5.91. The Bertz CT molecular complexity index is 779. The molecule has 0 aliphatic rings. The lowest BCUT2D eigenvalue weighted by atomic mass is 10.0. The van der Waals surface area contributed by atoms with Gasteiger partial charge in [0.2, 0.25) is 0 Å². The SMILES string of the molecule is CCCCCCCCCCCCCCCc1ccc(C(=O)Oc2ccc(C(C)OC)cc2)cc1. The van der Waals surface area contributed by atoms with E-state index in [1.54, 1.807) is 7.11 Å². The number of carbonyl (C=O) groups excluding carboxylic acids is 1. The minimum atomic E-state index is -0.319. The fourth-order valence-electron chi connectivity index (χ4n) is 4.26. The molecule has 0 saturated carbocycles. The van der Waals surface area contributed by atoms with Crippen molar-refractivity contribution in [3.63, 3.8) is 0 Å². The second kappa shape index (κ2) is 17.3. The molecule has 2 rings (SSSR count). The lowest BCUT2D eigenvalue weighted by Crippen LogP contribution is -2.08. The van der Waals surface area contributed by atoms with Gasteiger partial charge in [-0.1, -0.05) is 108 Å². The molecular formula is C31H46O3. The number of ether oxygens (including phenoxy) is 2. The highest BCUT2D eigenvalue weighted by Gasteiger charge is 2.10. The van der Waals surface area contributed by atoms with Crippen molar-refractivity contribution < 1.29 is 14.3 Å². The summed E-state index contributed by atoms with van der Waals surface area (Å²) in [5.41, 5.74) is 2.93. The highest BCUT2D eigenvalue weighted by Crippen LogP contribution is 2.21. The van der Waals surface area contributed by atoms with Crippen molar-refractivity contribution in [1.82, 2.24) is 0 Å². The number of unbranched alkanes of at least 4 members (excludes halogenated alkanes) is 12. The van der Waals surface area contributed by atoms with Gasteiger partial charge in [0.25, 0.3) is 0 Å². The first-order chi connectivity index (χ1) is 16.6. The van der Waals surface area contributed by atoms with Crippen molar-refractivity contribution in [2.45, 2.75) is 110 Å². The van der Waals surface area contributed by atoms with Crippen molar-refractivity contribution in [3.05, 3.63) is 65.2 Å². The van der Waals surface area contributed by atoms with Crippen molar-refractivity contribution in [3.8, 4) is 5.75 Å². The first kappa shape index (κ1) is 28.1. The fraction of sp³-hybridized carbons (Fsp3) is 0.581. The largest absolute Gasteiger partial charge is 0.423 e. The molecule has 1 atom stereocenters. The molecule has 3 nitrogen and oxygen atoms in total. The van der Waals surface area contributed by atoms with Crippen LogP contribution in [0.15, 0.2) is 48.5 Å². The second-order valence-corrected chi connectivity index (χ2v) is 9.53. The van der Waals surface area contributed by atoms with Crippen molar-refractivity contribution >= 4 is 5.97 Å². The van der Waals surface area contributed by atoms with Gasteiger partial charge in [-0.25, -0.2) is 4.79 Å². The maximum atomic E-state index is 12.4. The van der Waals surface area contributed by atoms with Gasteiger partial charge in [-0.2, -0.15) is 0 Å². The van der Waals surface area contributed by atoms with Gasteiger partial charge in [-0.3, -0.25) is 0 Å². The molecule has 0 fully saturated rings. The topological polar surface area (TPSA) is 35.5 Å². The second-order valence-electron chi connectivity index (χ2n) is 9.53. The Morgan fingerprint density at radius 3 is 1.71 bits per heavy atom. The van der Waals surface area contributed by atoms with Gasteiger partial charge in [0.05, 0.1) is 11.7 Å². The molecule has 0 aliphatic carbocycles. The molecule has 1 unspecified atom stereocenters. The third-order valence-electron chi connectivity index (χ3n) is 6.67. The zero-order valence-electron chi connectivity index (χ0n) is 21.8. The van der Waals surface area contributed by atoms with Crippen LogP contribution in [0.25, 0.3) is 0 Å². The fourth-order valence-corrected chi connectivity index (χ4v) is 4.26. The molecule has 2 aromatic carbocycles. The van der Waals surface area contributed by atoms with Gasteiger partial charge in [0.1, 0.15) is 5.75 Å². The molecule has 0 aromatic heterocycles. The minimum Gasteiger partial charge on any atom is -0.423 e. The Hall–Kier alpha value is -2.13. The first-order valence-corrected chi connectivity index (χ1v) is 13.6. The van der Waals surface area contributed by atoms with E-state index in [1.807, 2.05) is 43.3 Å². The molecule has 2 aromatic rings. The maximum absolute atomic E-state index is 12.4. The summed E-state index contributed by atoms with van der Waals surface area (Å²) in [5.74, 6) is 0.230. The Morgan fingerprint density at radius 1 is 0.706 bits per heavy atom. The number of hydrogen-bond acceptors (Lipinski definition) is 3. The molecule has 3 heteroatoms. The van der Waals surface area contributed by atoms with Crippen molar-refractivity contribution in [2.75, 3.05) is 7.11 Å². The standard InChI is InChI=1S/C31H46O3/c1-4-5-6-7-8-9-10-11-12-13-14-15-16-17-27-18-20-29(21-19-27)31(32)34-30-24-22-28(23-25-30)26(2)33-3/h18-26H,4-17H2,1-3H3. The van der Waals surface area contributed by atoms with E-state index in [0.717, 1.165) is 12.0 Å². The number of carbonyl (C=O) groups is 1. The third-order valence-corrected chi connectivity index (χ3v) is 6.67. The molecule has 0 saturated heterocycles. The number of esters is 1. The summed E-state index contributed by atoms with van der Waals surface area (Å²) in [7, 11) is 1.68. The number of benzene rings is 2. The van der Waals surface area contributed by atoms with Crippen LogP contribution in [0.2, 0.25) is 0 Å². The molecule has 34 heavy (non-hydrogen) atoms. The van der Waals surface area contributed by atoms with Gasteiger partial charge in [-0.15, -0.1) is 0 Å². The van der Waals surface area contributed by atoms with Crippen LogP contribution in [0.1, 0.15) is 125 Å². The van der Waals surface area contributed by atoms with Crippen LogP contribution in [-0.2, 0) is 11.2 Å². The van der Waals surface area contributed by atoms with Crippen LogP contribution >= 0.6 is 0 Å². The lowest BCUT2D eigenvalue weighted by Gasteiger charge is -2.10. The Morgan fingerprint density at radius 2 is 1.21 bits per heavy atom. The molecule has 0 bridgehead atoms. The number of rotatable bonds is 18. The molecule has 0 heterocycles. The van der Waals surface area contributed by atoms with E-state index in [1.165, 1.54) is 89.0 Å². The van der Waals surface area contributed by atoms with Crippen LogP contribution < -0.4 is 4.74 Å². The van der Waals surface area contributed by atoms with Crippen LogP contribution in [0.4, 0.5) is 0 Å². The van der Waals surface area contributed by atoms with Crippen LogP contribution in [0.3, 0.4) is 0 Å². The molecular weight excluding hydrogens is 420 g/mol. The van der Waals surface area contributed by atoms with Crippen molar-refractivity contribution in [2.24, 2.45) is 0 Å². The van der Waals surface area contributed by atoms with Gasteiger partial charge in [0.15, 0.2) is 0 Å². The lowest BCUT2D eigenvalue weighted by molar-refractivity contribution is 0.0734. The maximum Gasteiger partial charge on any atom is 0.343 e. The van der Waals surface area contributed by atoms with E-state index in [0.29, 0.717) is 11.3 Å². The normalized spacial score (nSPS) is 12.0. The summed E-state index contributed by atoms with van der Waals surface area (Å²) in [6.45, 7) is 4.27. The minimum absolute atomic E-state index is 0.0206. The van der Waals surface area contributed by atoms with Gasteiger partial charge >= 0.3 is 5.97 Å². The monoisotopic (exact) mass is 466 g/mol. The summed E-state index contributed by atoms with van der Waals surface area (Å²) >= 11 is 0. The van der Waals surface area contributed by atoms with E-state index >= 15 is 0 Å². The summed E-state index contributed by atoms with van der Waals surface area (Å²) in [6.07, 6.45) is 19.0. The zero-order valence-corrected chi connectivity index (χ0v) is 21.8. The van der Waals surface area contributed by atoms with Crippen LogP contribution in [-0.4, -0.2) is 13.1 Å². The Kier molecular flexibility index (Phi) is 14.3. The van der Waals surface area contributed by atoms with E-state index in [2.05, 4.69) is 19.1 Å². The van der Waals surface area contributed by atoms with Crippen LogP contribution in [0, 0.1) is 0 Å². The molecule has 188 valence electrons. The summed E-state index contributed by atoms with van der Waals surface area (Å²) in [5, 5.41) is 0. The predicted molar refractivity (Wildman–Crippen MR) is 143 cm³/mol. The number of methoxy groups -OCH3 is 1. The quantitative estimate of drug-likeness (QED) is 0.125. The highest BCUT2D eigenvalue weighted by atomic mass is 16.5. The number of hydrogen-bond donors (Lipinski definition) is 0. The molecule has 0 aliphatic heterocycles. The van der Waals surface area contributed by atoms with Gasteiger partial charge in [0, 0.05) is 7.11 Å². The average Bonchev–Trinajstić information content (AvgIpc) is 2.87. The molecule has 0 N–H and O–H groups in total. The summed E-state index contributed by atoms with van der Waals surface area (Å²) < 4.78 is 10.8. The van der Waals surface area contributed by atoms with Gasteiger partial charge in [-0.05, 0) is 55.2 Å². The Labute approximate surface area is 208 Å². The molecule has 0 spiro atoms. The average molecular weight is 467 g/mol. The van der Waals surface area contributed by atoms with Gasteiger partial charge < -0.3 is 9.47 Å². The van der Waals surface area contributed by atoms with E-state index in [4.69, 9.17) is 9.47 Å². The number of aryl methyl sites for hydroxylation is 1. The Balaban J connectivity index is 1.55. The van der Waals surface area contributed by atoms with E-state index in [-0.39, 0.29) is 12.1 Å². The summed E-state index contributed by atoms with van der Waals surface area (Å²) in [4.78, 5) is 12.4. The third kappa shape index (κ3) is 11.3. The molecule has 0 amide bonds. The predicted octanol–water partition coefficient (Wildman–Crippen LogP) is 9.25. The smallest absolute Gasteiger partial charge is 0.343 e. The van der Waals surface area contributed by atoms with Crippen LogP contribution in [0.5, 0.6) is 5.75 Å². The summed E-state index contributed by atoms with van der Waals surface area (Å²) in [6, 6.07) is 15.3. The zero-order chi connectivity index (χ0) is 24.4. The van der Waals surface area contributed by atoms with Crippen molar-refractivity contribution in [1.29, 1.82) is 0 Å². The molecule has 0 radical (unpaired) electrons. The van der Waals surface area contributed by atoms with E-state index < -0.39 is 0 Å².